The van der Waals surface area contributed by atoms with E-state index in [2.05, 4.69) is 5.32 Å². The molecule has 3 aliphatic rings. The molecule has 25 heavy (non-hydrogen) atoms. The minimum atomic E-state index is -0.388. The number of benzene rings is 1. The van der Waals surface area contributed by atoms with Crippen molar-refractivity contribution in [3.05, 3.63) is 29.8 Å². The fourth-order valence-electron chi connectivity index (χ4n) is 4.56. The Morgan fingerprint density at radius 3 is 2.60 bits per heavy atom. The van der Waals surface area contributed by atoms with E-state index in [4.69, 9.17) is 9.47 Å². The Morgan fingerprint density at radius 1 is 1.20 bits per heavy atom. The van der Waals surface area contributed by atoms with E-state index >= 15 is 0 Å². The first-order chi connectivity index (χ1) is 11.9. The van der Waals surface area contributed by atoms with E-state index in [-0.39, 0.29) is 53.7 Å². The number of rotatable bonds is 4. The molecule has 6 heteroatoms. The topological polar surface area (TPSA) is 81.7 Å². The maximum absolute atomic E-state index is 12.7. The zero-order valence-corrected chi connectivity index (χ0v) is 14.2. The Balaban J connectivity index is 1.43. The molecule has 0 unspecified atom stereocenters. The van der Waals surface area contributed by atoms with Crippen LogP contribution < -0.4 is 5.32 Å². The van der Waals surface area contributed by atoms with Crippen molar-refractivity contribution < 1.29 is 23.9 Å². The van der Waals surface area contributed by atoms with Gasteiger partial charge in [-0.05, 0) is 56.9 Å². The first-order valence-corrected chi connectivity index (χ1v) is 8.76. The van der Waals surface area contributed by atoms with Crippen LogP contribution in [0.25, 0.3) is 0 Å². The molecule has 0 radical (unpaired) electrons. The fraction of sp³-hybridized carbons (Fsp3) is 0.526. The van der Waals surface area contributed by atoms with Crippen molar-refractivity contribution in [1.82, 2.24) is 0 Å². The van der Waals surface area contributed by atoms with Gasteiger partial charge in [0.2, 0.25) is 5.91 Å². The molecule has 4 rings (SSSR count). The molecular formula is C19H21NO5. The molecular weight excluding hydrogens is 322 g/mol. The second kappa shape index (κ2) is 5.86. The molecule has 2 saturated carbocycles. The highest BCUT2D eigenvalue weighted by atomic mass is 16.6. The molecule has 1 aromatic rings. The van der Waals surface area contributed by atoms with Crippen LogP contribution >= 0.6 is 0 Å². The molecule has 6 nitrogen and oxygen atoms in total. The molecule has 1 amide bonds. The Labute approximate surface area is 145 Å². The van der Waals surface area contributed by atoms with E-state index in [9.17, 15) is 14.4 Å². The Hall–Kier alpha value is -2.37. The molecule has 1 aliphatic heterocycles. The summed E-state index contributed by atoms with van der Waals surface area (Å²) in [5.74, 6) is -0.894. The number of esters is 2. The van der Waals surface area contributed by atoms with Gasteiger partial charge in [-0.3, -0.25) is 9.59 Å². The molecule has 1 saturated heterocycles. The van der Waals surface area contributed by atoms with Gasteiger partial charge in [0.25, 0.3) is 0 Å². The van der Waals surface area contributed by atoms with Gasteiger partial charge in [0.15, 0.2) is 0 Å². The quantitative estimate of drug-likeness (QED) is 0.849. The Bertz CT molecular complexity index is 724. The lowest BCUT2D eigenvalue weighted by atomic mass is 9.79. The highest BCUT2D eigenvalue weighted by molar-refractivity contribution is 5.97. The second-order valence-electron chi connectivity index (χ2n) is 7.44. The summed E-state index contributed by atoms with van der Waals surface area (Å²) >= 11 is 0. The molecule has 1 N–H and O–H groups in total. The molecule has 132 valence electrons. The smallest absolute Gasteiger partial charge is 0.338 e. The van der Waals surface area contributed by atoms with Gasteiger partial charge >= 0.3 is 11.9 Å². The summed E-state index contributed by atoms with van der Waals surface area (Å²) in [7, 11) is 0. The third kappa shape index (κ3) is 2.69. The lowest BCUT2D eigenvalue weighted by Crippen LogP contribution is -2.35. The normalized spacial score (nSPS) is 32.0. The molecule has 0 aromatic heterocycles. The van der Waals surface area contributed by atoms with Crippen LogP contribution in [0.4, 0.5) is 5.69 Å². The maximum Gasteiger partial charge on any atom is 0.338 e. The molecule has 1 aromatic carbocycles. The van der Waals surface area contributed by atoms with Gasteiger partial charge in [-0.2, -0.15) is 0 Å². The third-order valence-corrected chi connectivity index (χ3v) is 5.52. The zero-order valence-electron chi connectivity index (χ0n) is 14.2. The monoisotopic (exact) mass is 343 g/mol. The highest BCUT2D eigenvalue weighted by Gasteiger charge is 2.63. The van der Waals surface area contributed by atoms with Crippen molar-refractivity contribution in [2.45, 2.75) is 38.9 Å². The number of hydrogen-bond acceptors (Lipinski definition) is 5. The largest absolute Gasteiger partial charge is 0.462 e. The van der Waals surface area contributed by atoms with Crippen molar-refractivity contribution in [1.29, 1.82) is 0 Å². The Morgan fingerprint density at radius 2 is 1.92 bits per heavy atom. The predicted molar refractivity (Wildman–Crippen MR) is 88.7 cm³/mol. The number of anilines is 1. The number of fused-ring (bicyclic) bond motifs is 1. The van der Waals surface area contributed by atoms with Crippen LogP contribution in [0.2, 0.25) is 0 Å². The second-order valence-corrected chi connectivity index (χ2v) is 7.44. The number of nitrogens with one attached hydrogen (secondary N) is 1. The van der Waals surface area contributed by atoms with Gasteiger partial charge in [-0.1, -0.05) is 0 Å². The van der Waals surface area contributed by atoms with Gasteiger partial charge in [0.05, 0.1) is 23.5 Å². The average molecular weight is 343 g/mol. The van der Waals surface area contributed by atoms with Gasteiger partial charge in [0.1, 0.15) is 6.10 Å². The van der Waals surface area contributed by atoms with Gasteiger partial charge in [0, 0.05) is 11.6 Å². The van der Waals surface area contributed by atoms with Crippen LogP contribution in [-0.2, 0) is 19.1 Å². The molecule has 3 fully saturated rings. The lowest BCUT2D eigenvalue weighted by Gasteiger charge is -2.23. The van der Waals surface area contributed by atoms with Crippen molar-refractivity contribution >= 4 is 23.5 Å². The molecule has 2 aliphatic carbocycles. The van der Waals surface area contributed by atoms with E-state index in [1.165, 1.54) is 0 Å². The number of amides is 1. The van der Waals surface area contributed by atoms with E-state index in [1.807, 2.05) is 0 Å². The summed E-state index contributed by atoms with van der Waals surface area (Å²) in [4.78, 5) is 36.6. The summed E-state index contributed by atoms with van der Waals surface area (Å²) in [6, 6.07) is 6.61. The van der Waals surface area contributed by atoms with Gasteiger partial charge in [-0.15, -0.1) is 0 Å². The summed E-state index contributed by atoms with van der Waals surface area (Å²) < 4.78 is 10.5. The molecule has 0 spiro atoms. The number of carbonyl (C=O) groups excluding carboxylic acids is 3. The summed E-state index contributed by atoms with van der Waals surface area (Å²) in [6.45, 7) is 3.58. The summed E-state index contributed by atoms with van der Waals surface area (Å²) in [5.41, 5.74) is 1.05. The van der Waals surface area contributed by atoms with Crippen LogP contribution in [-0.4, -0.2) is 30.1 Å². The minimum absolute atomic E-state index is 0.0257. The number of ether oxygens (including phenoxy) is 2. The van der Waals surface area contributed by atoms with Crippen molar-refractivity contribution in [3.8, 4) is 0 Å². The highest BCUT2D eigenvalue weighted by Crippen LogP contribution is 2.57. The molecule has 2 bridgehead atoms. The van der Waals surface area contributed by atoms with Crippen LogP contribution in [0.3, 0.4) is 0 Å². The van der Waals surface area contributed by atoms with Crippen LogP contribution in [0.1, 0.15) is 37.0 Å². The third-order valence-electron chi connectivity index (χ3n) is 5.52. The minimum Gasteiger partial charge on any atom is -0.462 e. The fourth-order valence-corrected chi connectivity index (χ4v) is 4.56. The average Bonchev–Trinajstić information content (AvgIpc) is 3.16. The van der Waals surface area contributed by atoms with E-state index in [0.717, 1.165) is 12.8 Å². The zero-order chi connectivity index (χ0) is 17.7. The van der Waals surface area contributed by atoms with E-state index < -0.39 is 0 Å². The van der Waals surface area contributed by atoms with Gasteiger partial charge in [-0.25, -0.2) is 4.79 Å². The number of carbonyl (C=O) groups is 3. The van der Waals surface area contributed by atoms with Crippen LogP contribution in [0.15, 0.2) is 24.3 Å². The standard InChI is InChI=1S/C19H21NO5/c1-9(2)24-18(22)10-3-5-12(6-4-10)20-17(21)15-11-7-13-14(8-11)25-19(23)16(13)15/h3-6,9,11,13-16H,7-8H2,1-2H3,(H,20,21)/t11-,13+,14-,15-,16-/m0/s1. The molecule has 1 heterocycles. The first kappa shape index (κ1) is 16.1. The van der Waals surface area contributed by atoms with E-state index in [0.29, 0.717) is 11.3 Å². The van der Waals surface area contributed by atoms with E-state index in [1.54, 1.807) is 38.1 Å². The summed E-state index contributed by atoms with van der Waals surface area (Å²) in [5, 5.41) is 2.88. The Kier molecular flexibility index (Phi) is 3.78. The summed E-state index contributed by atoms with van der Waals surface area (Å²) in [6.07, 6.45) is 1.54. The van der Waals surface area contributed by atoms with Crippen molar-refractivity contribution in [2.24, 2.45) is 23.7 Å². The van der Waals surface area contributed by atoms with Gasteiger partial charge < -0.3 is 14.8 Å². The van der Waals surface area contributed by atoms with Crippen LogP contribution in [0.5, 0.6) is 0 Å². The number of hydrogen-bond donors (Lipinski definition) is 1. The SMILES string of the molecule is CC(C)OC(=O)c1ccc(NC(=O)[C@H]2[C@H]3C[C@H]4[C@@H]2C(=O)O[C@H]4C3)cc1. The predicted octanol–water partition coefficient (Wildman–Crippen LogP) is 2.39. The maximum atomic E-state index is 12.7. The molecule has 5 atom stereocenters. The lowest BCUT2D eigenvalue weighted by molar-refractivity contribution is -0.145. The van der Waals surface area contributed by atoms with Crippen LogP contribution in [0, 0.1) is 23.7 Å². The van der Waals surface area contributed by atoms with Crippen molar-refractivity contribution in [2.75, 3.05) is 5.32 Å². The van der Waals surface area contributed by atoms with Crippen molar-refractivity contribution in [3.63, 3.8) is 0 Å². The first-order valence-electron chi connectivity index (χ1n) is 8.76.